The normalized spacial score (nSPS) is 14.5. The third-order valence-corrected chi connectivity index (χ3v) is 18.2. The Morgan fingerprint density at radius 3 is 0.864 bits per heavy atom. The summed E-state index contributed by atoms with van der Waals surface area (Å²) in [6, 6.07) is 0. The van der Waals surface area contributed by atoms with Gasteiger partial charge in [0.2, 0.25) is 0 Å². The number of aliphatic hydroxyl groups excluding tert-OH is 1. The van der Waals surface area contributed by atoms with E-state index < -0.39 is 97.5 Å². The predicted molar refractivity (Wildman–Crippen MR) is 354 cm³/mol. The molecule has 88 heavy (non-hydrogen) atoms. The van der Waals surface area contributed by atoms with Crippen molar-refractivity contribution in [1.29, 1.82) is 0 Å². The molecule has 6 atom stereocenters. The van der Waals surface area contributed by atoms with Crippen LogP contribution in [0.1, 0.15) is 350 Å². The molecule has 0 spiro atoms. The lowest BCUT2D eigenvalue weighted by Crippen LogP contribution is -2.30. The molecular formula is C69H134O17P2. The summed E-state index contributed by atoms with van der Waals surface area (Å²) in [5.74, 6) is -0.550. The smallest absolute Gasteiger partial charge is 0.462 e. The Labute approximate surface area is 537 Å². The van der Waals surface area contributed by atoms with Crippen LogP contribution in [-0.2, 0) is 65.4 Å². The lowest BCUT2D eigenvalue weighted by Gasteiger charge is -2.21. The van der Waals surface area contributed by atoms with Gasteiger partial charge in [-0.25, -0.2) is 9.13 Å². The van der Waals surface area contributed by atoms with Crippen molar-refractivity contribution in [2.75, 3.05) is 39.6 Å². The van der Waals surface area contributed by atoms with E-state index in [2.05, 4.69) is 41.5 Å². The highest BCUT2D eigenvalue weighted by Crippen LogP contribution is 2.45. The zero-order valence-electron chi connectivity index (χ0n) is 57.0. The summed E-state index contributed by atoms with van der Waals surface area (Å²) in [4.78, 5) is 72.5. The Morgan fingerprint density at radius 2 is 0.580 bits per heavy atom. The number of ether oxygens (including phenoxy) is 4. The van der Waals surface area contributed by atoms with Gasteiger partial charge in [0.1, 0.15) is 19.3 Å². The van der Waals surface area contributed by atoms with Crippen LogP contribution in [0.2, 0.25) is 0 Å². The quantitative estimate of drug-likeness (QED) is 0.0222. The van der Waals surface area contributed by atoms with Gasteiger partial charge in [-0.15, -0.1) is 0 Å². The molecule has 0 rings (SSSR count). The number of phosphoric ester groups is 2. The van der Waals surface area contributed by atoms with Crippen LogP contribution >= 0.6 is 15.6 Å². The molecule has 0 aromatic rings. The third-order valence-electron chi connectivity index (χ3n) is 16.3. The predicted octanol–water partition coefficient (Wildman–Crippen LogP) is 19.6. The second kappa shape index (κ2) is 61.3. The summed E-state index contributed by atoms with van der Waals surface area (Å²) < 4.78 is 68.2. The summed E-state index contributed by atoms with van der Waals surface area (Å²) in [5, 5.41) is 10.6. The maximum atomic E-state index is 13.0. The average molecular weight is 1300 g/mol. The Bertz CT molecular complexity index is 1720. The number of unbranched alkanes of at least 4 members (excludes halogenated alkanes) is 37. The van der Waals surface area contributed by atoms with E-state index in [0.717, 1.165) is 102 Å². The molecule has 0 amide bonds. The fourth-order valence-corrected chi connectivity index (χ4v) is 12.0. The van der Waals surface area contributed by atoms with Crippen molar-refractivity contribution in [2.24, 2.45) is 11.8 Å². The highest BCUT2D eigenvalue weighted by atomic mass is 31.2. The number of esters is 4. The number of carbonyl (C=O) groups excluding carboxylic acids is 4. The monoisotopic (exact) mass is 1300 g/mol. The van der Waals surface area contributed by atoms with Crippen LogP contribution in [0.15, 0.2) is 0 Å². The zero-order chi connectivity index (χ0) is 65.0. The van der Waals surface area contributed by atoms with Gasteiger partial charge in [-0.1, -0.05) is 298 Å². The minimum absolute atomic E-state index is 0.106. The molecule has 0 bridgehead atoms. The highest BCUT2D eigenvalue weighted by Gasteiger charge is 2.30. The van der Waals surface area contributed by atoms with Gasteiger partial charge in [0.25, 0.3) is 0 Å². The minimum atomic E-state index is -4.95. The zero-order valence-corrected chi connectivity index (χ0v) is 58.8. The molecule has 0 aromatic heterocycles. The maximum absolute atomic E-state index is 13.0. The lowest BCUT2D eigenvalue weighted by molar-refractivity contribution is -0.161. The molecular weight excluding hydrogens is 1160 g/mol. The minimum Gasteiger partial charge on any atom is -0.462 e. The first-order chi connectivity index (χ1) is 42.4. The second-order valence-corrected chi connectivity index (χ2v) is 28.5. The Balaban J connectivity index is 5.24. The van der Waals surface area contributed by atoms with Crippen molar-refractivity contribution in [3.8, 4) is 0 Å². The van der Waals surface area contributed by atoms with Crippen molar-refractivity contribution in [3.05, 3.63) is 0 Å². The second-order valence-electron chi connectivity index (χ2n) is 25.6. The van der Waals surface area contributed by atoms with Crippen molar-refractivity contribution >= 4 is 39.5 Å². The average Bonchev–Trinajstić information content (AvgIpc) is 3.57. The van der Waals surface area contributed by atoms with E-state index in [1.54, 1.807) is 0 Å². The fourth-order valence-electron chi connectivity index (χ4n) is 10.4. The largest absolute Gasteiger partial charge is 0.472 e. The molecule has 19 heteroatoms. The molecule has 0 aliphatic rings. The van der Waals surface area contributed by atoms with Crippen LogP contribution in [0.3, 0.4) is 0 Å². The topological polar surface area (TPSA) is 237 Å². The molecule has 0 fully saturated rings. The third kappa shape index (κ3) is 61.6. The van der Waals surface area contributed by atoms with Crippen LogP contribution in [0, 0.1) is 11.8 Å². The lowest BCUT2D eigenvalue weighted by atomic mass is 9.99. The molecule has 3 N–H and O–H groups in total. The van der Waals surface area contributed by atoms with Crippen LogP contribution < -0.4 is 0 Å². The van der Waals surface area contributed by atoms with Crippen molar-refractivity contribution in [1.82, 2.24) is 0 Å². The van der Waals surface area contributed by atoms with E-state index in [1.807, 2.05) is 0 Å². The standard InChI is InChI=1S/C69H134O17P2/c1-7-10-12-14-16-18-27-33-39-45-51-66(71)79-57-64(85-68(73)53-47-41-35-28-19-17-15-13-11-8-2)59-83-87(75,76)81-55-63(70)56-82-88(77,78)84-60-65(86-69(74)54-48-42-36-30-22-20-21-25-31-37-43-49-61(4)5)58-80-67(72)52-46-40-34-29-24-23-26-32-38-44-50-62(6)9-3/h61-65,70H,7-60H2,1-6H3,(H,75,76)(H,77,78)/t62?,63-,64+,65+/m0/s1. The number of aliphatic hydroxyl groups is 1. The molecule has 0 aromatic carbocycles. The van der Waals surface area contributed by atoms with Crippen LogP contribution in [0.5, 0.6) is 0 Å². The number of carbonyl (C=O) groups is 4. The van der Waals surface area contributed by atoms with Crippen molar-refractivity contribution < 1.29 is 80.2 Å². The number of phosphoric acid groups is 2. The molecule has 522 valence electrons. The first-order valence-electron chi connectivity index (χ1n) is 36.0. The van der Waals surface area contributed by atoms with Crippen molar-refractivity contribution in [2.45, 2.75) is 368 Å². The maximum Gasteiger partial charge on any atom is 0.472 e. The molecule has 0 heterocycles. The summed E-state index contributed by atoms with van der Waals surface area (Å²) >= 11 is 0. The van der Waals surface area contributed by atoms with E-state index in [1.165, 1.54) is 167 Å². The van der Waals surface area contributed by atoms with Gasteiger partial charge in [-0.3, -0.25) is 37.3 Å². The molecule has 3 unspecified atom stereocenters. The molecule has 0 radical (unpaired) electrons. The molecule has 0 aliphatic carbocycles. The van der Waals surface area contributed by atoms with E-state index in [0.29, 0.717) is 25.7 Å². The molecule has 17 nitrogen and oxygen atoms in total. The number of hydrogen-bond acceptors (Lipinski definition) is 15. The van der Waals surface area contributed by atoms with E-state index in [-0.39, 0.29) is 25.7 Å². The van der Waals surface area contributed by atoms with Gasteiger partial charge in [0, 0.05) is 25.7 Å². The summed E-state index contributed by atoms with van der Waals surface area (Å²) in [5.41, 5.74) is 0. The molecule has 0 saturated carbocycles. The first-order valence-corrected chi connectivity index (χ1v) is 39.0. The van der Waals surface area contributed by atoms with Gasteiger partial charge >= 0.3 is 39.5 Å². The van der Waals surface area contributed by atoms with Gasteiger partial charge in [-0.2, -0.15) is 0 Å². The number of rotatable bonds is 68. The Morgan fingerprint density at radius 1 is 0.330 bits per heavy atom. The van der Waals surface area contributed by atoms with E-state index >= 15 is 0 Å². The fraction of sp³-hybridized carbons (Fsp3) is 0.942. The summed E-state index contributed by atoms with van der Waals surface area (Å²) in [6.07, 6.45) is 45.6. The van der Waals surface area contributed by atoms with Crippen LogP contribution in [0.4, 0.5) is 0 Å². The van der Waals surface area contributed by atoms with Gasteiger partial charge < -0.3 is 33.8 Å². The SMILES string of the molecule is CCCCCCCCCCCCC(=O)OC[C@H](COP(=O)(O)OC[C@H](O)COP(=O)(O)OC[C@@H](COC(=O)CCCCCCCCCCCCC(C)CC)OC(=O)CCCCCCCCCCCCCC(C)C)OC(=O)CCCCCCCCCCCC. The van der Waals surface area contributed by atoms with Crippen molar-refractivity contribution in [3.63, 3.8) is 0 Å². The molecule has 0 aliphatic heterocycles. The molecule has 0 saturated heterocycles. The van der Waals surface area contributed by atoms with Gasteiger partial charge in [-0.05, 0) is 37.5 Å². The number of hydrogen-bond donors (Lipinski definition) is 3. The summed E-state index contributed by atoms with van der Waals surface area (Å²) in [6.45, 7) is 9.55. The highest BCUT2D eigenvalue weighted by molar-refractivity contribution is 7.47. The van der Waals surface area contributed by atoms with Crippen LogP contribution in [-0.4, -0.2) is 96.7 Å². The van der Waals surface area contributed by atoms with E-state index in [9.17, 15) is 43.2 Å². The Kier molecular flexibility index (Phi) is 59.9. The van der Waals surface area contributed by atoms with E-state index in [4.69, 9.17) is 37.0 Å². The summed E-state index contributed by atoms with van der Waals surface area (Å²) in [7, 11) is -9.90. The first kappa shape index (κ1) is 86.1. The van der Waals surface area contributed by atoms with Gasteiger partial charge in [0.05, 0.1) is 26.4 Å². The van der Waals surface area contributed by atoms with Gasteiger partial charge in [0.15, 0.2) is 12.2 Å². The van der Waals surface area contributed by atoms with Crippen LogP contribution in [0.25, 0.3) is 0 Å². The Hall–Kier alpha value is -1.94.